The van der Waals surface area contributed by atoms with Gasteiger partial charge in [-0.2, -0.15) is 0 Å². The molecule has 6 nitrogen and oxygen atoms in total. The second kappa shape index (κ2) is 7.31. The van der Waals surface area contributed by atoms with Gasteiger partial charge in [0.1, 0.15) is 0 Å². The fraction of sp³-hybridized carbons (Fsp3) is 1.00. The second-order valence-corrected chi connectivity index (χ2v) is 6.81. The van der Waals surface area contributed by atoms with Gasteiger partial charge in [0, 0.05) is 55.7 Å². The van der Waals surface area contributed by atoms with E-state index in [0.29, 0.717) is 0 Å². The van der Waals surface area contributed by atoms with Crippen LogP contribution in [0, 0.1) is 23.7 Å². The Bertz CT molecular complexity index is 419. The molecule has 0 aromatic heterocycles. The Morgan fingerprint density at radius 2 is 0.357 bits per heavy atom. The monoisotopic (exact) mass is 442 g/mol. The summed E-state index contributed by atoms with van der Waals surface area (Å²) in [6, 6.07) is -17.4. The van der Waals surface area contributed by atoms with Crippen molar-refractivity contribution in [1.82, 2.24) is 32.1 Å². The highest BCUT2D eigenvalue weighted by Gasteiger charge is 2.78. The molecule has 4 rings (SSSR count). The number of hydrogen-bond acceptors (Lipinski definition) is 6. The first-order valence-corrected chi connectivity index (χ1v) is 7.58. The Morgan fingerprint density at radius 1 is 0.250 bits per heavy atom. The number of rotatable bonds is 6. The predicted octanol–water partition coefficient (Wildman–Crippen LogP) is 3.13. The smallest absolute Gasteiger partial charge is 0.0855 e. The highest BCUT2D eigenvalue weighted by Crippen LogP contribution is 2.62. The highest BCUT2D eigenvalue weighted by atomic mass is 19.4. The Morgan fingerprint density at radius 3 is 0.429 bits per heavy atom. The van der Waals surface area contributed by atoms with Gasteiger partial charge in [-0.15, -0.1) is 53.8 Å². The van der Waals surface area contributed by atoms with E-state index in [2.05, 4.69) is 0 Å². The Kier molecular flexibility index (Phi) is 5.65. The van der Waals surface area contributed by atoms with Crippen molar-refractivity contribution >= 4 is 0 Å². The fourth-order valence-corrected chi connectivity index (χ4v) is 5.53. The molecule has 28 heavy (non-hydrogen) atoms. The summed E-state index contributed by atoms with van der Waals surface area (Å²) < 4.78 is 161. The van der Waals surface area contributed by atoms with Gasteiger partial charge >= 0.3 is 0 Å². The second-order valence-electron chi connectivity index (χ2n) is 6.81. The molecule has 0 atom stereocenters. The Balaban J connectivity index is 2.27. The van der Waals surface area contributed by atoms with E-state index in [1.807, 2.05) is 0 Å². The maximum Gasteiger partial charge on any atom is 0.0855 e. The Hall–Kier alpha value is -1.08. The van der Waals surface area contributed by atoms with Gasteiger partial charge in [0.2, 0.25) is 0 Å². The molecule has 0 aromatic rings. The van der Waals surface area contributed by atoms with Crippen molar-refractivity contribution in [2.75, 3.05) is 0 Å². The molecule has 0 spiro atoms. The number of nitrogens with zero attached hydrogens (tertiary/aromatic N) is 6. The standard InChI is InChI=1S/C10H10F12N6/c11-23(12)5-1-6(24(13)14)3-8(26(17)18)2(5)9(27(19)20)4(7(1)25(15)16)10(3)28(21)22/h1-10H. The molecule has 0 amide bonds. The van der Waals surface area contributed by atoms with E-state index in [1.54, 1.807) is 0 Å². The molecule has 0 aliphatic heterocycles. The summed E-state index contributed by atoms with van der Waals surface area (Å²) in [6.07, 6.45) is 0. The summed E-state index contributed by atoms with van der Waals surface area (Å²) in [4.78, 5) is 0. The third-order valence-corrected chi connectivity index (χ3v) is 6.08. The molecule has 4 saturated carbocycles. The summed E-state index contributed by atoms with van der Waals surface area (Å²) >= 11 is 0. The molecule has 4 aliphatic carbocycles. The van der Waals surface area contributed by atoms with Gasteiger partial charge in [0.15, 0.2) is 0 Å². The quantitative estimate of drug-likeness (QED) is 0.462. The van der Waals surface area contributed by atoms with Crippen LogP contribution in [0.15, 0.2) is 0 Å². The predicted molar refractivity (Wildman–Crippen MR) is 61.0 cm³/mol. The summed E-state index contributed by atoms with van der Waals surface area (Å²) in [6.45, 7) is 0. The van der Waals surface area contributed by atoms with Crippen LogP contribution in [0.3, 0.4) is 0 Å². The summed E-state index contributed by atoms with van der Waals surface area (Å²) in [5.41, 5.74) is 0. The molecule has 0 N–H and O–H groups in total. The van der Waals surface area contributed by atoms with Crippen LogP contribution in [-0.4, -0.2) is 68.3 Å². The van der Waals surface area contributed by atoms with Gasteiger partial charge in [0.05, 0.1) is 36.3 Å². The van der Waals surface area contributed by atoms with Gasteiger partial charge in [-0.05, 0) is 0 Å². The van der Waals surface area contributed by atoms with Crippen LogP contribution in [0.25, 0.3) is 0 Å². The molecule has 0 aromatic carbocycles. The minimum absolute atomic E-state index is 1.97. The largest absolute Gasteiger partial charge is 0.101 e. The van der Waals surface area contributed by atoms with Crippen molar-refractivity contribution in [3.63, 3.8) is 0 Å². The van der Waals surface area contributed by atoms with Crippen molar-refractivity contribution in [3.05, 3.63) is 0 Å². The minimum atomic E-state index is -2.91. The molecule has 0 radical (unpaired) electrons. The lowest BCUT2D eigenvalue weighted by atomic mass is 9.45. The first-order valence-electron chi connectivity index (χ1n) is 7.58. The van der Waals surface area contributed by atoms with E-state index in [4.69, 9.17) is 0 Å². The van der Waals surface area contributed by atoms with E-state index in [9.17, 15) is 53.8 Å². The number of hydrogen-bond donors (Lipinski definition) is 0. The summed E-state index contributed by atoms with van der Waals surface area (Å²) in [5, 5.41) is -11.8. The van der Waals surface area contributed by atoms with Crippen molar-refractivity contribution in [1.29, 1.82) is 0 Å². The Labute approximate surface area is 147 Å². The normalized spacial score (nSPS) is 45.6. The van der Waals surface area contributed by atoms with Crippen LogP contribution in [0.5, 0.6) is 0 Å². The molecule has 18 heteroatoms. The lowest BCUT2D eigenvalue weighted by molar-refractivity contribution is -0.419. The average Bonchev–Trinajstić information content (AvgIpc) is 2.52. The van der Waals surface area contributed by atoms with Gasteiger partial charge in [-0.25, -0.2) is 0 Å². The zero-order valence-electron chi connectivity index (χ0n) is 13.0. The van der Waals surface area contributed by atoms with Gasteiger partial charge in [0.25, 0.3) is 0 Å². The molecule has 4 fully saturated rings. The minimum Gasteiger partial charge on any atom is -0.101 e. The van der Waals surface area contributed by atoms with E-state index in [0.717, 1.165) is 0 Å². The van der Waals surface area contributed by atoms with Crippen molar-refractivity contribution in [2.45, 2.75) is 36.3 Å². The lowest BCUT2D eigenvalue weighted by Crippen LogP contribution is -2.84. The van der Waals surface area contributed by atoms with Crippen LogP contribution < -0.4 is 0 Å². The van der Waals surface area contributed by atoms with E-state index in [1.165, 1.54) is 0 Å². The van der Waals surface area contributed by atoms with Crippen LogP contribution in [0.1, 0.15) is 0 Å². The molecular weight excluding hydrogens is 432 g/mol. The molecule has 0 saturated heterocycles. The maximum absolute atomic E-state index is 13.4. The van der Waals surface area contributed by atoms with Crippen LogP contribution in [0.4, 0.5) is 53.8 Å². The zero-order chi connectivity index (χ0) is 21.2. The molecule has 0 unspecified atom stereocenters. The van der Waals surface area contributed by atoms with Gasteiger partial charge in [-0.3, -0.25) is 0 Å². The van der Waals surface area contributed by atoms with Crippen LogP contribution in [0.2, 0.25) is 0 Å². The van der Waals surface area contributed by atoms with E-state index in [-0.39, 0.29) is 0 Å². The maximum atomic E-state index is 13.4. The van der Waals surface area contributed by atoms with Gasteiger partial charge < -0.3 is 0 Å². The highest BCUT2D eigenvalue weighted by molar-refractivity contribution is 5.24. The number of halogens is 12. The first-order chi connectivity index (χ1) is 12.9. The molecule has 0 heterocycles. The SMILES string of the molecule is FN(F)C1C2C(N(F)F)C3C(N(F)F)C1C(N(F)F)C(C2N(F)F)C3N(F)F. The van der Waals surface area contributed by atoms with E-state index < -0.39 is 92.0 Å². The van der Waals surface area contributed by atoms with Crippen LogP contribution in [-0.2, 0) is 0 Å². The molecule has 4 bridgehead atoms. The van der Waals surface area contributed by atoms with Gasteiger partial charge in [-0.1, -0.05) is 0 Å². The van der Waals surface area contributed by atoms with Crippen molar-refractivity contribution < 1.29 is 53.8 Å². The average molecular weight is 442 g/mol. The van der Waals surface area contributed by atoms with Crippen LogP contribution >= 0.6 is 0 Å². The summed E-state index contributed by atoms with van der Waals surface area (Å²) in [7, 11) is 0. The zero-order valence-corrected chi connectivity index (χ0v) is 13.0. The molecule has 4 aliphatic rings. The van der Waals surface area contributed by atoms with E-state index >= 15 is 0 Å². The molecular formula is C10H10F12N6. The summed E-state index contributed by atoms with van der Waals surface area (Å²) in [5.74, 6) is -10.3. The van der Waals surface area contributed by atoms with Crippen molar-refractivity contribution in [2.24, 2.45) is 23.7 Å². The first kappa shape index (κ1) is 21.6. The third-order valence-electron chi connectivity index (χ3n) is 6.08. The third kappa shape index (κ3) is 2.83. The topological polar surface area (TPSA) is 19.4 Å². The lowest BCUT2D eigenvalue weighted by Gasteiger charge is -2.67. The van der Waals surface area contributed by atoms with Crippen molar-refractivity contribution in [3.8, 4) is 0 Å². The molecule has 164 valence electrons. The fourth-order valence-electron chi connectivity index (χ4n) is 5.53.